The molecule has 0 radical (unpaired) electrons. The van der Waals surface area contributed by atoms with E-state index in [1.165, 1.54) is 11.9 Å². The predicted octanol–water partition coefficient (Wildman–Crippen LogP) is 2.20. The molecule has 1 N–H and O–H groups in total. The van der Waals surface area contributed by atoms with E-state index < -0.39 is 12.7 Å². The number of benzene rings is 1. The average Bonchev–Trinajstić information content (AvgIpc) is 2.50. The molecule has 0 atom stereocenters. The van der Waals surface area contributed by atoms with Crippen LogP contribution in [0.1, 0.15) is 5.56 Å². The Hall–Kier alpha value is -1.96. The van der Waals surface area contributed by atoms with E-state index in [-0.39, 0.29) is 6.54 Å². The molecular formula is C16H25F3N4O. The zero-order chi connectivity index (χ0) is 18.2. The van der Waals surface area contributed by atoms with Gasteiger partial charge in [0, 0.05) is 33.7 Å². The van der Waals surface area contributed by atoms with E-state index in [4.69, 9.17) is 4.74 Å². The van der Waals surface area contributed by atoms with Crippen LogP contribution in [0.5, 0.6) is 5.75 Å². The Morgan fingerprint density at radius 1 is 1.21 bits per heavy atom. The lowest BCUT2D eigenvalue weighted by atomic mass is 10.2. The van der Waals surface area contributed by atoms with Gasteiger partial charge in [-0.1, -0.05) is 12.1 Å². The van der Waals surface area contributed by atoms with Gasteiger partial charge in [-0.05, 0) is 24.7 Å². The van der Waals surface area contributed by atoms with Gasteiger partial charge in [-0.25, -0.2) is 0 Å². The Balaban J connectivity index is 2.44. The van der Waals surface area contributed by atoms with Crippen LogP contribution >= 0.6 is 0 Å². The molecule has 5 nitrogen and oxygen atoms in total. The van der Waals surface area contributed by atoms with Crippen molar-refractivity contribution in [1.29, 1.82) is 0 Å². The summed E-state index contributed by atoms with van der Waals surface area (Å²) in [4.78, 5) is 7.29. The molecule has 0 spiro atoms. The first kappa shape index (κ1) is 20.1. The summed E-state index contributed by atoms with van der Waals surface area (Å²) in [5.74, 6) is 1.42. The molecule has 0 saturated carbocycles. The molecule has 24 heavy (non-hydrogen) atoms. The number of hydrogen-bond donors (Lipinski definition) is 1. The highest BCUT2D eigenvalue weighted by Gasteiger charge is 2.28. The highest BCUT2D eigenvalue weighted by Crippen LogP contribution is 2.15. The third-order valence-electron chi connectivity index (χ3n) is 3.38. The van der Waals surface area contributed by atoms with Gasteiger partial charge < -0.3 is 15.0 Å². The second-order valence-corrected chi connectivity index (χ2v) is 5.53. The van der Waals surface area contributed by atoms with Gasteiger partial charge >= 0.3 is 6.18 Å². The van der Waals surface area contributed by atoms with Crippen molar-refractivity contribution in [1.82, 2.24) is 15.1 Å². The summed E-state index contributed by atoms with van der Waals surface area (Å²) in [5.41, 5.74) is 1.08. The minimum absolute atomic E-state index is 0.273. The molecule has 0 aliphatic heterocycles. The van der Waals surface area contributed by atoms with E-state index in [2.05, 4.69) is 10.3 Å². The molecular weight excluding hydrogens is 321 g/mol. The second kappa shape index (κ2) is 9.36. The van der Waals surface area contributed by atoms with Gasteiger partial charge in [0.15, 0.2) is 5.96 Å². The first-order valence-electron chi connectivity index (χ1n) is 7.55. The summed E-state index contributed by atoms with van der Waals surface area (Å²) in [6.07, 6.45) is -4.18. The van der Waals surface area contributed by atoms with Crippen LogP contribution in [-0.4, -0.2) is 69.8 Å². The molecule has 1 aromatic rings. The molecule has 0 amide bonds. The van der Waals surface area contributed by atoms with Crippen molar-refractivity contribution in [3.8, 4) is 5.75 Å². The number of halogens is 3. The van der Waals surface area contributed by atoms with Gasteiger partial charge in [0.25, 0.3) is 0 Å². The molecule has 8 heteroatoms. The normalized spacial score (nSPS) is 12.4. The number of likely N-dealkylation sites (N-methyl/N-ethyl adjacent to an activating group) is 1. The molecule has 0 aliphatic rings. The summed E-state index contributed by atoms with van der Waals surface area (Å²) >= 11 is 0. The standard InChI is InChI=1S/C16H25F3N4O/c1-20-15(21-9-10-22(2)12-16(17,18)19)23(3)11-13-5-7-14(24-4)8-6-13/h5-8H,9-12H2,1-4H3,(H,20,21). The molecule has 0 bridgehead atoms. The van der Waals surface area contributed by atoms with E-state index in [9.17, 15) is 13.2 Å². The molecule has 136 valence electrons. The Morgan fingerprint density at radius 3 is 2.33 bits per heavy atom. The molecule has 0 aromatic heterocycles. The number of ether oxygens (including phenoxy) is 1. The number of rotatable bonds is 7. The molecule has 0 saturated heterocycles. The van der Waals surface area contributed by atoms with Gasteiger partial charge in [-0.15, -0.1) is 0 Å². The second-order valence-electron chi connectivity index (χ2n) is 5.53. The summed E-state index contributed by atoms with van der Waals surface area (Å²) in [6.45, 7) is 0.359. The van der Waals surface area contributed by atoms with E-state index in [0.717, 1.165) is 11.3 Å². The molecule has 1 rings (SSSR count). The molecule has 0 unspecified atom stereocenters. The van der Waals surface area contributed by atoms with Crippen molar-refractivity contribution in [2.24, 2.45) is 4.99 Å². The molecule has 0 heterocycles. The van der Waals surface area contributed by atoms with Crippen molar-refractivity contribution >= 4 is 5.96 Å². The third kappa shape index (κ3) is 7.54. The summed E-state index contributed by atoms with van der Waals surface area (Å²) in [7, 11) is 6.58. The number of guanidine groups is 1. The van der Waals surface area contributed by atoms with Crippen LogP contribution in [0.15, 0.2) is 29.3 Å². The van der Waals surface area contributed by atoms with Crippen LogP contribution in [-0.2, 0) is 6.54 Å². The fraction of sp³-hybridized carbons (Fsp3) is 0.562. The lowest BCUT2D eigenvalue weighted by molar-refractivity contribution is -0.142. The maximum Gasteiger partial charge on any atom is 0.401 e. The van der Waals surface area contributed by atoms with E-state index >= 15 is 0 Å². The largest absolute Gasteiger partial charge is 0.497 e. The van der Waals surface area contributed by atoms with Gasteiger partial charge in [-0.3, -0.25) is 9.89 Å². The maximum absolute atomic E-state index is 12.3. The highest BCUT2D eigenvalue weighted by molar-refractivity contribution is 5.79. The average molecular weight is 346 g/mol. The van der Waals surface area contributed by atoms with Crippen LogP contribution in [0, 0.1) is 0 Å². The van der Waals surface area contributed by atoms with Crippen molar-refractivity contribution in [3.05, 3.63) is 29.8 Å². The summed E-state index contributed by atoms with van der Waals surface area (Å²) in [5, 5.41) is 3.07. The lowest BCUT2D eigenvalue weighted by Crippen LogP contribution is -2.43. The fourth-order valence-electron chi connectivity index (χ4n) is 2.21. The monoisotopic (exact) mass is 346 g/mol. The van der Waals surface area contributed by atoms with E-state index in [1.807, 2.05) is 36.2 Å². The quantitative estimate of drug-likeness (QED) is 0.607. The summed E-state index contributed by atoms with van der Waals surface area (Å²) < 4.78 is 42.0. The molecule has 1 aromatic carbocycles. The lowest BCUT2D eigenvalue weighted by Gasteiger charge is -2.24. The number of nitrogens with one attached hydrogen (secondary N) is 1. The Labute approximate surface area is 141 Å². The zero-order valence-electron chi connectivity index (χ0n) is 14.5. The van der Waals surface area contributed by atoms with Gasteiger partial charge in [0.2, 0.25) is 0 Å². The van der Waals surface area contributed by atoms with Crippen LogP contribution in [0.3, 0.4) is 0 Å². The summed E-state index contributed by atoms with van der Waals surface area (Å²) in [6, 6.07) is 7.68. The minimum atomic E-state index is -4.18. The van der Waals surface area contributed by atoms with Crippen molar-refractivity contribution in [3.63, 3.8) is 0 Å². The van der Waals surface area contributed by atoms with Crippen LogP contribution in [0.2, 0.25) is 0 Å². The topological polar surface area (TPSA) is 40.1 Å². The highest BCUT2D eigenvalue weighted by atomic mass is 19.4. The van der Waals surface area contributed by atoms with E-state index in [0.29, 0.717) is 19.0 Å². The number of nitrogens with zero attached hydrogens (tertiary/aromatic N) is 3. The molecule has 0 aliphatic carbocycles. The Morgan fingerprint density at radius 2 is 1.83 bits per heavy atom. The predicted molar refractivity (Wildman–Crippen MR) is 89.4 cm³/mol. The van der Waals surface area contributed by atoms with Crippen LogP contribution in [0.25, 0.3) is 0 Å². The fourth-order valence-corrected chi connectivity index (χ4v) is 2.21. The van der Waals surface area contributed by atoms with Crippen molar-refractivity contribution < 1.29 is 17.9 Å². The van der Waals surface area contributed by atoms with Crippen molar-refractivity contribution in [2.75, 3.05) is 47.9 Å². The third-order valence-corrected chi connectivity index (χ3v) is 3.38. The number of aliphatic imine (C=N–C) groups is 1. The minimum Gasteiger partial charge on any atom is -0.497 e. The van der Waals surface area contributed by atoms with Gasteiger partial charge in [0.05, 0.1) is 13.7 Å². The van der Waals surface area contributed by atoms with Gasteiger partial charge in [0.1, 0.15) is 5.75 Å². The number of hydrogen-bond acceptors (Lipinski definition) is 3. The van der Waals surface area contributed by atoms with E-state index in [1.54, 1.807) is 14.2 Å². The van der Waals surface area contributed by atoms with Crippen LogP contribution in [0.4, 0.5) is 13.2 Å². The van der Waals surface area contributed by atoms with Crippen LogP contribution < -0.4 is 10.1 Å². The van der Waals surface area contributed by atoms with Gasteiger partial charge in [-0.2, -0.15) is 13.2 Å². The first-order valence-corrected chi connectivity index (χ1v) is 7.55. The first-order chi connectivity index (χ1) is 11.2. The Kier molecular flexibility index (Phi) is 7.84. The maximum atomic E-state index is 12.3. The smallest absolute Gasteiger partial charge is 0.401 e. The van der Waals surface area contributed by atoms with Crippen molar-refractivity contribution in [2.45, 2.75) is 12.7 Å². The number of methoxy groups -OCH3 is 1. The Bertz CT molecular complexity index is 517. The number of alkyl halides is 3. The molecule has 0 fully saturated rings. The SMILES string of the molecule is CN=C(NCCN(C)CC(F)(F)F)N(C)Cc1ccc(OC)cc1. The zero-order valence-corrected chi connectivity index (χ0v) is 14.5.